The zero-order valence-corrected chi connectivity index (χ0v) is 4.24. The molecule has 36 valence electrons. The molecule has 0 aliphatic heterocycles. The molecule has 0 saturated carbocycles. The van der Waals surface area contributed by atoms with E-state index in [0.717, 1.165) is 0 Å². The van der Waals surface area contributed by atoms with Crippen molar-refractivity contribution in [2.75, 3.05) is 0 Å². The molecule has 0 aliphatic carbocycles. The van der Waals surface area contributed by atoms with Gasteiger partial charge in [-0.15, -0.1) is 0 Å². The Kier molecular flexibility index (Phi) is 13.4. The lowest BCUT2D eigenvalue weighted by atomic mass is 13.0. The van der Waals surface area contributed by atoms with Crippen LogP contribution in [-0.2, 0) is 4.57 Å². The Morgan fingerprint density at radius 3 is 2.33 bits per heavy atom. The Hall–Kier alpha value is -0.500. The zero-order chi connectivity index (χ0) is 4.12. The Morgan fingerprint density at radius 1 is 1.83 bits per heavy atom. The minimum Gasteiger partial charge on any atom is -0.344 e. The summed E-state index contributed by atoms with van der Waals surface area (Å²) in [4.78, 5) is 5.25. The maximum absolute atomic E-state index is 9.23. The summed E-state index contributed by atoms with van der Waals surface area (Å²) >= 11 is 0. The fraction of sp³-hybridized carbons (Fsp3) is 0. The van der Waals surface area contributed by atoms with Crippen LogP contribution in [0.2, 0.25) is 0 Å². The van der Waals surface area contributed by atoms with Gasteiger partial charge in [-0.2, -0.15) is 0 Å². The summed E-state index contributed by atoms with van der Waals surface area (Å²) in [5.41, 5.74) is 5.88. The molecule has 0 rings (SSSR count). The van der Waals surface area contributed by atoms with E-state index in [1.165, 1.54) is 0 Å². The van der Waals surface area contributed by atoms with E-state index in [2.05, 4.69) is 9.80 Å². The number of nitrogens with one attached hydrogen (secondary N) is 1. The number of hydrogen-bond acceptors (Lipinski definition) is 3. The highest BCUT2D eigenvalue weighted by Gasteiger charge is 1.59. The van der Waals surface area contributed by atoms with Crippen molar-refractivity contribution in [1.82, 2.24) is 11.1 Å². The van der Waals surface area contributed by atoms with Crippen molar-refractivity contribution >= 4 is 8.61 Å². The summed E-state index contributed by atoms with van der Waals surface area (Å²) < 4.78 is 9.23. The van der Waals surface area contributed by atoms with Crippen molar-refractivity contribution in [3.63, 3.8) is 0 Å². The lowest BCUT2D eigenvalue weighted by molar-refractivity contribution is 0.597. The molecule has 0 bridgehead atoms. The van der Waals surface area contributed by atoms with E-state index in [1.807, 2.05) is 0 Å². The highest BCUT2D eigenvalue weighted by molar-refractivity contribution is 7.21. The second-order valence-corrected chi connectivity index (χ2v) is 0.763. The Labute approximate surface area is 35.8 Å². The van der Waals surface area contributed by atoms with Gasteiger partial charge in [-0.3, -0.25) is 4.57 Å². The van der Waals surface area contributed by atoms with E-state index in [0.29, 0.717) is 0 Å². The van der Waals surface area contributed by atoms with Crippen LogP contribution in [0.3, 0.4) is 0 Å². The molecular weight excluding hydrogens is 103 g/mol. The van der Waals surface area contributed by atoms with Crippen LogP contribution in [0.1, 0.15) is 0 Å². The van der Waals surface area contributed by atoms with E-state index in [4.69, 9.17) is 5.53 Å². The smallest absolute Gasteiger partial charge is 0.256 e. The number of hydrogen-bond donors (Lipinski definition) is 2. The van der Waals surface area contributed by atoms with Crippen LogP contribution < -0.4 is 11.1 Å². The molecule has 0 spiro atoms. The van der Waals surface area contributed by atoms with Crippen molar-refractivity contribution < 1.29 is 4.57 Å². The molecule has 4 N–H and O–H groups in total. The average Bonchev–Trinajstić information content (AvgIpc) is 1.41. The van der Waals surface area contributed by atoms with Crippen molar-refractivity contribution in [2.45, 2.75) is 0 Å². The van der Waals surface area contributed by atoms with Gasteiger partial charge in [0, 0.05) is 0 Å². The highest BCUT2D eigenvalue weighted by atomic mass is 31.1. The van der Waals surface area contributed by atoms with Crippen LogP contribution in [0.4, 0.5) is 0 Å². The van der Waals surface area contributed by atoms with E-state index < -0.39 is 8.61 Å². The molecule has 0 fully saturated rings. The van der Waals surface area contributed by atoms with Crippen LogP contribution in [0, 0.1) is 5.53 Å². The molecule has 0 aromatic carbocycles. The minimum absolute atomic E-state index is 0. The fourth-order valence-corrected chi connectivity index (χ4v) is 0.0707. The van der Waals surface area contributed by atoms with E-state index in [9.17, 15) is 4.57 Å². The standard InChI is InChI=1S/H3N3OP.H3N/c1-2-3-5-4;/h1H,5H2;1H3/q+1;. The molecule has 0 aromatic rings. The van der Waals surface area contributed by atoms with Crippen LogP contribution in [0.25, 0.3) is 0 Å². The molecule has 1 atom stereocenters. The maximum atomic E-state index is 9.23. The molecule has 0 heterocycles. The lowest BCUT2D eigenvalue weighted by Crippen LogP contribution is -1.34. The van der Waals surface area contributed by atoms with Crippen molar-refractivity contribution in [1.29, 1.82) is 5.53 Å². The first-order valence-electron chi connectivity index (χ1n) is 0.918. The van der Waals surface area contributed by atoms with Gasteiger partial charge in [0.2, 0.25) is 4.91 Å². The number of nitrogens with zero attached hydrogens (tertiary/aromatic N) is 2. The molecular formula is H6N4OP+. The van der Waals surface area contributed by atoms with Crippen LogP contribution >= 0.6 is 8.61 Å². The highest BCUT2D eigenvalue weighted by Crippen LogP contribution is 1.83. The molecule has 6 heteroatoms. The first-order valence-corrected chi connectivity index (χ1v) is 1.91. The molecule has 1 unspecified atom stereocenters. The van der Waals surface area contributed by atoms with Crippen LogP contribution in [-0.4, -0.2) is 0 Å². The summed E-state index contributed by atoms with van der Waals surface area (Å²) in [6, 6.07) is 0. The van der Waals surface area contributed by atoms with Crippen LogP contribution in [0.15, 0.2) is 4.88 Å². The van der Waals surface area contributed by atoms with Gasteiger partial charge in [-0.25, -0.2) is 0 Å². The topological polar surface area (TPSA) is 102 Å². The normalized spacial score (nSPS) is 6.67. The third-order valence-corrected chi connectivity index (χ3v) is 0.315. The van der Waals surface area contributed by atoms with Crippen molar-refractivity contribution in [2.24, 2.45) is 4.88 Å². The molecule has 0 aromatic heterocycles. The van der Waals surface area contributed by atoms with Gasteiger partial charge in [-0.1, -0.05) is 0 Å². The Bertz CT molecular complexity index is 71.6. The Morgan fingerprint density at radius 2 is 2.33 bits per heavy atom. The molecule has 5 nitrogen and oxygen atoms in total. The SMILES string of the molecule is N.N=[N+]=N[PH2]=O. The summed E-state index contributed by atoms with van der Waals surface area (Å²) in [6.45, 7) is 0. The summed E-state index contributed by atoms with van der Waals surface area (Å²) in [5, 5.41) is 0. The number of rotatable bonds is 1. The van der Waals surface area contributed by atoms with Gasteiger partial charge in [0.05, 0.1) is 0 Å². The second-order valence-electron chi connectivity index (χ2n) is 0.321. The summed E-state index contributed by atoms with van der Waals surface area (Å²) in [5.74, 6) is 0. The monoisotopic (exact) mass is 109 g/mol. The van der Waals surface area contributed by atoms with Gasteiger partial charge in [0.1, 0.15) is 5.53 Å². The van der Waals surface area contributed by atoms with Gasteiger partial charge < -0.3 is 6.15 Å². The first-order chi connectivity index (χ1) is 2.41. The second kappa shape index (κ2) is 8.82. The van der Waals surface area contributed by atoms with Crippen molar-refractivity contribution in [3.8, 4) is 0 Å². The van der Waals surface area contributed by atoms with E-state index >= 15 is 0 Å². The quantitative estimate of drug-likeness (QED) is 0.288. The molecule has 0 radical (unpaired) electrons. The van der Waals surface area contributed by atoms with Gasteiger partial charge in [0.25, 0.3) is 8.61 Å². The first kappa shape index (κ1) is 9.09. The molecule has 0 saturated heterocycles. The average molecular weight is 109 g/mol. The molecule has 0 aliphatic rings. The minimum atomic E-state index is -1.19. The third-order valence-electron chi connectivity index (χ3n) is 0.105. The Balaban J connectivity index is 0. The predicted molar refractivity (Wildman–Crippen MR) is 22.7 cm³/mol. The molecule has 6 heavy (non-hydrogen) atoms. The van der Waals surface area contributed by atoms with Crippen LogP contribution in [0.5, 0.6) is 0 Å². The van der Waals surface area contributed by atoms with E-state index in [-0.39, 0.29) is 6.15 Å². The van der Waals surface area contributed by atoms with Gasteiger partial charge >= 0.3 is 0 Å². The van der Waals surface area contributed by atoms with Crippen molar-refractivity contribution in [3.05, 3.63) is 0 Å². The molecule has 0 amide bonds. The summed E-state index contributed by atoms with van der Waals surface area (Å²) in [6.07, 6.45) is 0. The van der Waals surface area contributed by atoms with Gasteiger partial charge in [0.15, 0.2) is 4.88 Å². The maximum Gasteiger partial charge on any atom is 0.256 e. The van der Waals surface area contributed by atoms with Gasteiger partial charge in [-0.05, 0) is 0 Å². The summed E-state index contributed by atoms with van der Waals surface area (Å²) in [7, 11) is -1.19. The largest absolute Gasteiger partial charge is 0.344 e. The third kappa shape index (κ3) is 9.72. The predicted octanol–water partition coefficient (Wildman–Crippen LogP) is 0.370. The van der Waals surface area contributed by atoms with E-state index in [1.54, 1.807) is 0 Å². The zero-order valence-electron chi connectivity index (χ0n) is 3.09. The fourth-order valence-electron chi connectivity index (χ4n) is 0.0236. The lowest BCUT2D eigenvalue weighted by Gasteiger charge is -1.27.